The molecular formula is C17H17N3O3S. The Balaban J connectivity index is 1.59. The van der Waals surface area contributed by atoms with Gasteiger partial charge in [-0.2, -0.15) is 0 Å². The van der Waals surface area contributed by atoms with Crippen LogP contribution in [0.4, 0.5) is 5.00 Å². The van der Waals surface area contributed by atoms with Crippen LogP contribution >= 0.6 is 11.3 Å². The number of aromatic nitrogens is 1. The predicted molar refractivity (Wildman–Crippen MR) is 92.0 cm³/mol. The van der Waals surface area contributed by atoms with Crippen LogP contribution in [-0.4, -0.2) is 21.4 Å². The Morgan fingerprint density at radius 3 is 3.04 bits per heavy atom. The molecule has 0 spiro atoms. The number of piperidine rings is 1. The van der Waals surface area contributed by atoms with Crippen molar-refractivity contribution in [2.24, 2.45) is 0 Å². The van der Waals surface area contributed by atoms with Gasteiger partial charge in [0.25, 0.3) is 0 Å². The molecule has 0 bridgehead atoms. The Morgan fingerprint density at radius 2 is 2.25 bits per heavy atom. The molecule has 1 aliphatic rings. The van der Waals surface area contributed by atoms with Crippen molar-refractivity contribution in [2.45, 2.75) is 31.8 Å². The average Bonchev–Trinajstić information content (AvgIpc) is 3.22. The van der Waals surface area contributed by atoms with Crippen LogP contribution in [0.3, 0.4) is 0 Å². The fraction of sp³-hybridized carbons (Fsp3) is 0.353. The molecule has 1 atom stereocenters. The van der Waals surface area contributed by atoms with Gasteiger partial charge in [0.2, 0.25) is 5.89 Å². The number of thiophene rings is 1. The lowest BCUT2D eigenvalue weighted by molar-refractivity contribution is -0.380. The smallest absolute Gasteiger partial charge is 0.324 e. The molecule has 1 fully saturated rings. The van der Waals surface area contributed by atoms with Gasteiger partial charge in [-0.1, -0.05) is 29.9 Å². The monoisotopic (exact) mass is 343 g/mol. The third kappa shape index (κ3) is 2.92. The maximum atomic E-state index is 10.9. The normalized spacial score (nSPS) is 18.9. The summed E-state index contributed by atoms with van der Waals surface area (Å²) in [7, 11) is 0. The minimum atomic E-state index is -0.331. The molecule has 0 aliphatic carbocycles. The minimum Gasteiger partial charge on any atom is -0.439 e. The number of fused-ring (bicyclic) bond motifs is 1. The Morgan fingerprint density at radius 1 is 1.38 bits per heavy atom. The zero-order chi connectivity index (χ0) is 16.5. The van der Waals surface area contributed by atoms with Crippen LogP contribution in [0.15, 0.2) is 40.1 Å². The first-order valence-corrected chi connectivity index (χ1v) is 8.90. The van der Waals surface area contributed by atoms with Crippen molar-refractivity contribution in [1.82, 2.24) is 9.88 Å². The maximum Gasteiger partial charge on any atom is 0.324 e. The van der Waals surface area contributed by atoms with E-state index in [9.17, 15) is 10.1 Å². The number of likely N-dealkylation sites (tertiary alicyclic amines) is 1. The quantitative estimate of drug-likeness (QED) is 0.514. The summed E-state index contributed by atoms with van der Waals surface area (Å²) in [6, 6.07) is 9.59. The molecule has 0 N–H and O–H groups in total. The van der Waals surface area contributed by atoms with Crippen LogP contribution < -0.4 is 0 Å². The lowest BCUT2D eigenvalue weighted by atomic mass is 10.0. The average molecular weight is 343 g/mol. The number of nitrogens with zero attached hydrogens (tertiary/aromatic N) is 3. The van der Waals surface area contributed by atoms with E-state index < -0.39 is 0 Å². The number of oxazole rings is 1. The van der Waals surface area contributed by atoms with Crippen molar-refractivity contribution in [1.29, 1.82) is 0 Å². The highest BCUT2D eigenvalue weighted by Gasteiger charge is 2.28. The van der Waals surface area contributed by atoms with Gasteiger partial charge in [0, 0.05) is 18.0 Å². The van der Waals surface area contributed by atoms with Crippen molar-refractivity contribution in [2.75, 3.05) is 6.54 Å². The summed E-state index contributed by atoms with van der Waals surface area (Å²) in [5.74, 6) is 0.751. The van der Waals surface area contributed by atoms with Crippen molar-refractivity contribution in [3.8, 4) is 0 Å². The van der Waals surface area contributed by atoms with Crippen molar-refractivity contribution >= 4 is 27.4 Å². The largest absolute Gasteiger partial charge is 0.439 e. The molecule has 1 unspecified atom stereocenters. The van der Waals surface area contributed by atoms with E-state index in [2.05, 4.69) is 9.88 Å². The SMILES string of the molecule is O=[N+]([O-])c1cc(CN2CCCCC2c2nc3ccccc3o2)cs1. The summed E-state index contributed by atoms with van der Waals surface area (Å²) in [5.41, 5.74) is 2.67. The first kappa shape index (κ1) is 15.3. The molecule has 1 aliphatic heterocycles. The number of rotatable bonds is 4. The van der Waals surface area contributed by atoms with Crippen LogP contribution in [0.5, 0.6) is 0 Å². The highest BCUT2D eigenvalue weighted by Crippen LogP contribution is 2.34. The molecule has 24 heavy (non-hydrogen) atoms. The van der Waals surface area contributed by atoms with Gasteiger partial charge in [-0.25, -0.2) is 4.98 Å². The zero-order valence-corrected chi connectivity index (χ0v) is 13.9. The highest BCUT2D eigenvalue weighted by molar-refractivity contribution is 7.13. The summed E-state index contributed by atoms with van der Waals surface area (Å²) in [4.78, 5) is 17.5. The van der Waals surface area contributed by atoms with Crippen LogP contribution in [0.2, 0.25) is 0 Å². The van der Waals surface area contributed by atoms with Gasteiger partial charge in [0.15, 0.2) is 5.58 Å². The van der Waals surface area contributed by atoms with Gasteiger partial charge in [-0.15, -0.1) is 0 Å². The summed E-state index contributed by atoms with van der Waals surface area (Å²) in [5, 5.41) is 12.9. The van der Waals surface area contributed by atoms with Gasteiger partial charge in [0.05, 0.1) is 11.0 Å². The lowest BCUT2D eigenvalue weighted by Gasteiger charge is -2.33. The van der Waals surface area contributed by atoms with E-state index in [-0.39, 0.29) is 16.0 Å². The Hall–Kier alpha value is -2.25. The first-order valence-electron chi connectivity index (χ1n) is 8.02. The molecule has 7 heteroatoms. The molecule has 3 aromatic rings. The highest BCUT2D eigenvalue weighted by atomic mass is 32.1. The summed E-state index contributed by atoms with van der Waals surface area (Å²) in [6.07, 6.45) is 3.27. The predicted octanol–water partition coefficient (Wildman–Crippen LogP) is 4.52. The molecule has 2 aromatic heterocycles. The van der Waals surface area contributed by atoms with Crippen LogP contribution in [0.25, 0.3) is 11.1 Å². The maximum absolute atomic E-state index is 10.9. The van der Waals surface area contributed by atoms with Crippen molar-refractivity contribution < 1.29 is 9.34 Å². The molecule has 3 heterocycles. The molecule has 1 aromatic carbocycles. The molecule has 0 amide bonds. The van der Waals surface area contributed by atoms with E-state index in [1.807, 2.05) is 29.6 Å². The Kier molecular flexibility index (Phi) is 4.03. The fourth-order valence-electron chi connectivity index (χ4n) is 3.27. The third-order valence-electron chi connectivity index (χ3n) is 4.41. The van der Waals surface area contributed by atoms with Crippen molar-refractivity contribution in [3.05, 3.63) is 57.3 Å². The van der Waals surface area contributed by atoms with Gasteiger partial charge >= 0.3 is 5.00 Å². The first-order chi connectivity index (χ1) is 11.7. The molecule has 6 nitrogen and oxygen atoms in total. The topological polar surface area (TPSA) is 72.4 Å². The van der Waals surface area contributed by atoms with Gasteiger partial charge in [-0.3, -0.25) is 15.0 Å². The number of benzene rings is 1. The lowest BCUT2D eigenvalue weighted by Crippen LogP contribution is -2.33. The van der Waals surface area contributed by atoms with Crippen LogP contribution in [0.1, 0.15) is 36.8 Å². The summed E-state index contributed by atoms with van der Waals surface area (Å²) < 4.78 is 5.96. The fourth-order valence-corrected chi connectivity index (χ4v) is 3.99. The van der Waals surface area contributed by atoms with Gasteiger partial charge in [0.1, 0.15) is 5.52 Å². The van der Waals surface area contributed by atoms with E-state index in [1.165, 1.54) is 11.3 Å². The van der Waals surface area contributed by atoms with E-state index in [4.69, 9.17) is 4.42 Å². The number of hydrogen-bond donors (Lipinski definition) is 0. The van der Waals surface area contributed by atoms with Crippen LogP contribution in [-0.2, 0) is 6.54 Å². The number of nitro groups is 1. The van der Waals surface area contributed by atoms with Crippen LogP contribution in [0, 0.1) is 10.1 Å². The second-order valence-electron chi connectivity index (χ2n) is 6.05. The van der Waals surface area contributed by atoms with Crippen molar-refractivity contribution in [3.63, 3.8) is 0 Å². The zero-order valence-electron chi connectivity index (χ0n) is 13.1. The van der Waals surface area contributed by atoms with E-state index in [1.54, 1.807) is 6.07 Å². The van der Waals surface area contributed by atoms with E-state index in [0.29, 0.717) is 6.54 Å². The van der Waals surface area contributed by atoms with Gasteiger partial charge in [-0.05, 0) is 37.1 Å². The Bertz CT molecular complexity index is 840. The molecule has 124 valence electrons. The number of para-hydroxylation sites is 2. The molecule has 0 radical (unpaired) electrons. The van der Waals surface area contributed by atoms with Gasteiger partial charge < -0.3 is 4.42 Å². The molecule has 4 rings (SSSR count). The van der Waals surface area contributed by atoms with E-state index in [0.717, 1.165) is 48.4 Å². The molecule has 1 saturated heterocycles. The molecular weight excluding hydrogens is 326 g/mol. The summed E-state index contributed by atoms with van der Waals surface area (Å²) in [6.45, 7) is 1.64. The number of hydrogen-bond acceptors (Lipinski definition) is 6. The summed E-state index contributed by atoms with van der Waals surface area (Å²) >= 11 is 1.18. The second-order valence-corrected chi connectivity index (χ2v) is 6.94. The third-order valence-corrected chi connectivity index (χ3v) is 5.34. The standard InChI is InChI=1S/C17H17N3O3S/c21-20(22)16-9-12(11-24-16)10-19-8-4-3-6-14(19)17-18-13-5-1-2-7-15(13)23-17/h1-2,5,7,9,11,14H,3-4,6,8,10H2. The van der Waals surface area contributed by atoms with E-state index >= 15 is 0 Å². The minimum absolute atomic E-state index is 0.130. The molecule has 0 saturated carbocycles. The second kappa shape index (κ2) is 6.33. The Labute approximate surface area is 142 Å².